The van der Waals surface area contributed by atoms with Crippen molar-refractivity contribution in [3.63, 3.8) is 0 Å². The number of nitrogens with zero attached hydrogens (tertiary/aromatic N) is 2. The van der Waals surface area contributed by atoms with Crippen LogP contribution in [0.1, 0.15) is 59.3 Å². The zero-order valence-corrected chi connectivity index (χ0v) is 13.7. The molecule has 2 atom stereocenters. The Kier molecular flexibility index (Phi) is 3.63. The molecule has 0 N–H and O–H groups in total. The molecule has 3 aliphatic rings. The zero-order chi connectivity index (χ0) is 15.3. The van der Waals surface area contributed by atoms with Crippen LogP contribution in [-0.4, -0.2) is 41.4 Å². The number of carbonyl (C=O) groups is 2. The Labute approximate surface area is 127 Å². The van der Waals surface area contributed by atoms with E-state index in [0.717, 1.165) is 25.9 Å². The standard InChI is InChI=1S/C17H28N2O2/c1-16(2)13-8-9-17(16,3)15(21)19(14(13)20)12-18-10-6-4-5-7-11-18/h13H,4-12H2,1-3H3/t13-,17+/m1/s1. The summed E-state index contributed by atoms with van der Waals surface area (Å²) in [6, 6.07) is 0. The molecule has 3 fully saturated rings. The fraction of sp³-hybridized carbons (Fsp3) is 0.882. The van der Waals surface area contributed by atoms with Gasteiger partial charge in [-0.25, -0.2) is 0 Å². The largest absolute Gasteiger partial charge is 0.286 e. The van der Waals surface area contributed by atoms with Crippen LogP contribution in [0.4, 0.5) is 0 Å². The Morgan fingerprint density at radius 2 is 1.67 bits per heavy atom. The first-order chi connectivity index (χ1) is 9.88. The lowest BCUT2D eigenvalue weighted by molar-refractivity contribution is -0.170. The van der Waals surface area contributed by atoms with Crippen molar-refractivity contribution in [1.82, 2.24) is 9.80 Å². The van der Waals surface area contributed by atoms with E-state index < -0.39 is 0 Å². The highest BCUT2D eigenvalue weighted by atomic mass is 16.2. The Balaban J connectivity index is 1.80. The van der Waals surface area contributed by atoms with E-state index in [0.29, 0.717) is 6.67 Å². The van der Waals surface area contributed by atoms with Crippen molar-refractivity contribution in [1.29, 1.82) is 0 Å². The molecule has 3 rings (SSSR count). The second-order valence-corrected chi connectivity index (χ2v) is 7.89. The van der Waals surface area contributed by atoms with E-state index in [4.69, 9.17) is 0 Å². The molecule has 118 valence electrons. The highest BCUT2D eigenvalue weighted by molar-refractivity contribution is 6.03. The summed E-state index contributed by atoms with van der Waals surface area (Å²) in [4.78, 5) is 29.6. The van der Waals surface area contributed by atoms with E-state index in [-0.39, 0.29) is 28.6 Å². The van der Waals surface area contributed by atoms with Gasteiger partial charge in [0.15, 0.2) is 0 Å². The summed E-state index contributed by atoms with van der Waals surface area (Å²) in [5.41, 5.74) is -0.562. The van der Waals surface area contributed by atoms with Crippen molar-refractivity contribution in [3.05, 3.63) is 0 Å². The molecule has 0 aromatic rings. The van der Waals surface area contributed by atoms with E-state index in [9.17, 15) is 9.59 Å². The SMILES string of the molecule is CC1(C)[C@@H]2CC[C@@]1(C)C(=O)N(CN1CCCCCC1)C2=O. The lowest BCUT2D eigenvalue weighted by Crippen LogP contribution is -2.61. The molecule has 0 aromatic carbocycles. The summed E-state index contributed by atoms with van der Waals surface area (Å²) in [5, 5.41) is 0. The molecule has 0 spiro atoms. The predicted molar refractivity (Wildman–Crippen MR) is 81.4 cm³/mol. The van der Waals surface area contributed by atoms with Gasteiger partial charge in [0.2, 0.25) is 11.8 Å². The summed E-state index contributed by atoms with van der Waals surface area (Å²) in [6.45, 7) is 8.81. The maximum atomic E-state index is 13.0. The van der Waals surface area contributed by atoms with Crippen LogP contribution in [0.25, 0.3) is 0 Å². The van der Waals surface area contributed by atoms with E-state index >= 15 is 0 Å². The normalized spacial score (nSPS) is 36.9. The number of piperidine rings is 1. The fourth-order valence-electron chi connectivity index (χ4n) is 4.51. The van der Waals surface area contributed by atoms with E-state index in [1.165, 1.54) is 25.7 Å². The van der Waals surface area contributed by atoms with Crippen molar-refractivity contribution in [2.75, 3.05) is 19.8 Å². The number of hydrogen-bond donors (Lipinski definition) is 0. The van der Waals surface area contributed by atoms with Crippen molar-refractivity contribution in [3.8, 4) is 0 Å². The molecular weight excluding hydrogens is 264 g/mol. The van der Waals surface area contributed by atoms with Crippen LogP contribution in [0.15, 0.2) is 0 Å². The third-order valence-corrected chi connectivity index (χ3v) is 6.55. The van der Waals surface area contributed by atoms with Crippen LogP contribution in [0.2, 0.25) is 0 Å². The first-order valence-corrected chi connectivity index (χ1v) is 8.46. The minimum atomic E-state index is -0.364. The molecule has 0 radical (unpaired) electrons. The third-order valence-electron chi connectivity index (χ3n) is 6.55. The maximum Gasteiger partial charge on any atom is 0.236 e. The fourth-order valence-corrected chi connectivity index (χ4v) is 4.51. The number of carbonyl (C=O) groups excluding carboxylic acids is 2. The van der Waals surface area contributed by atoms with Gasteiger partial charge < -0.3 is 0 Å². The highest BCUT2D eigenvalue weighted by Crippen LogP contribution is 2.60. The summed E-state index contributed by atoms with van der Waals surface area (Å²) in [7, 11) is 0. The van der Waals surface area contributed by atoms with Crippen molar-refractivity contribution in [2.24, 2.45) is 16.7 Å². The molecule has 21 heavy (non-hydrogen) atoms. The smallest absolute Gasteiger partial charge is 0.236 e. The van der Waals surface area contributed by atoms with Crippen molar-refractivity contribution >= 4 is 11.8 Å². The molecule has 2 heterocycles. The quantitative estimate of drug-likeness (QED) is 0.735. The zero-order valence-electron chi connectivity index (χ0n) is 13.7. The monoisotopic (exact) mass is 292 g/mol. The van der Waals surface area contributed by atoms with E-state index in [1.807, 2.05) is 0 Å². The Morgan fingerprint density at radius 1 is 1.05 bits per heavy atom. The van der Waals surface area contributed by atoms with Crippen LogP contribution in [0.5, 0.6) is 0 Å². The van der Waals surface area contributed by atoms with Gasteiger partial charge in [-0.1, -0.05) is 33.6 Å². The molecule has 2 saturated heterocycles. The second-order valence-electron chi connectivity index (χ2n) is 7.89. The molecule has 2 bridgehead atoms. The third kappa shape index (κ3) is 2.14. The number of likely N-dealkylation sites (tertiary alicyclic amines) is 2. The van der Waals surface area contributed by atoms with Crippen LogP contribution in [0, 0.1) is 16.7 Å². The summed E-state index contributed by atoms with van der Waals surface area (Å²) >= 11 is 0. The second kappa shape index (κ2) is 5.08. The first kappa shape index (κ1) is 15.0. The molecule has 4 heteroatoms. The Bertz CT molecular complexity index is 452. The number of hydrogen-bond acceptors (Lipinski definition) is 3. The van der Waals surface area contributed by atoms with E-state index in [2.05, 4.69) is 25.7 Å². The molecule has 0 aromatic heterocycles. The number of rotatable bonds is 2. The predicted octanol–water partition coefficient (Wildman–Crippen LogP) is 2.63. The molecule has 4 nitrogen and oxygen atoms in total. The lowest BCUT2D eigenvalue weighted by atomic mass is 9.62. The van der Waals surface area contributed by atoms with Gasteiger partial charge in [0.1, 0.15) is 0 Å². The van der Waals surface area contributed by atoms with Gasteiger partial charge in [-0.2, -0.15) is 0 Å². The molecule has 1 saturated carbocycles. The van der Waals surface area contributed by atoms with Gasteiger partial charge in [0, 0.05) is 5.92 Å². The number of amides is 2. The maximum absolute atomic E-state index is 13.0. The molecule has 2 amide bonds. The van der Waals surface area contributed by atoms with Gasteiger partial charge in [0.25, 0.3) is 0 Å². The molecule has 2 aliphatic heterocycles. The minimum absolute atomic E-state index is 0.0205. The highest BCUT2D eigenvalue weighted by Gasteiger charge is 2.64. The van der Waals surface area contributed by atoms with Gasteiger partial charge in [0.05, 0.1) is 12.1 Å². The van der Waals surface area contributed by atoms with Crippen molar-refractivity contribution in [2.45, 2.75) is 59.3 Å². The van der Waals surface area contributed by atoms with E-state index in [1.54, 1.807) is 4.90 Å². The van der Waals surface area contributed by atoms with Gasteiger partial charge >= 0.3 is 0 Å². The van der Waals surface area contributed by atoms with Gasteiger partial charge in [-0.3, -0.25) is 19.4 Å². The average molecular weight is 292 g/mol. The Morgan fingerprint density at radius 3 is 2.29 bits per heavy atom. The summed E-state index contributed by atoms with van der Waals surface area (Å²) < 4.78 is 0. The first-order valence-electron chi connectivity index (χ1n) is 8.46. The summed E-state index contributed by atoms with van der Waals surface area (Å²) in [5.74, 6) is 0.159. The lowest BCUT2D eigenvalue weighted by Gasteiger charge is -2.48. The minimum Gasteiger partial charge on any atom is -0.286 e. The summed E-state index contributed by atoms with van der Waals surface area (Å²) in [6.07, 6.45) is 6.62. The van der Waals surface area contributed by atoms with Crippen LogP contribution in [-0.2, 0) is 9.59 Å². The van der Waals surface area contributed by atoms with Gasteiger partial charge in [-0.15, -0.1) is 0 Å². The van der Waals surface area contributed by atoms with Crippen molar-refractivity contribution < 1.29 is 9.59 Å². The molecule has 1 aliphatic carbocycles. The number of imide groups is 1. The van der Waals surface area contributed by atoms with Gasteiger partial charge in [-0.05, 0) is 44.2 Å². The topological polar surface area (TPSA) is 40.6 Å². The van der Waals surface area contributed by atoms with Crippen LogP contribution < -0.4 is 0 Å². The van der Waals surface area contributed by atoms with Crippen LogP contribution >= 0.6 is 0 Å². The van der Waals surface area contributed by atoms with Crippen LogP contribution in [0.3, 0.4) is 0 Å². The number of fused-ring (bicyclic) bond motifs is 2. The Hall–Kier alpha value is -0.900. The molecule has 0 unspecified atom stereocenters. The molecular formula is C17H28N2O2. The average Bonchev–Trinajstić information content (AvgIpc) is 2.64.